The summed E-state index contributed by atoms with van der Waals surface area (Å²) in [7, 11) is 0. The first-order chi connectivity index (χ1) is 8.13. The highest BCUT2D eigenvalue weighted by Gasteiger charge is 2.12. The van der Waals surface area contributed by atoms with Gasteiger partial charge in [-0.15, -0.1) is 0 Å². The van der Waals surface area contributed by atoms with Crippen molar-refractivity contribution in [3.8, 4) is 0 Å². The number of pyridine rings is 1. The van der Waals surface area contributed by atoms with Crippen molar-refractivity contribution in [1.29, 1.82) is 0 Å². The number of hydrogen-bond acceptors (Lipinski definition) is 2. The van der Waals surface area contributed by atoms with E-state index < -0.39 is 0 Å². The lowest BCUT2D eigenvalue weighted by Gasteiger charge is -2.19. The van der Waals surface area contributed by atoms with Crippen LogP contribution in [0.15, 0.2) is 22.8 Å². The third-order valence-corrected chi connectivity index (χ3v) is 3.25. The normalized spacial score (nSPS) is 13.0. The summed E-state index contributed by atoms with van der Waals surface area (Å²) in [5, 5.41) is 3.58. The first-order valence-corrected chi connectivity index (χ1v) is 7.27. The van der Waals surface area contributed by atoms with Gasteiger partial charge < -0.3 is 5.32 Å². The third kappa shape index (κ3) is 5.64. The Morgan fingerprint density at radius 3 is 2.59 bits per heavy atom. The van der Waals surface area contributed by atoms with Gasteiger partial charge in [-0.05, 0) is 59.8 Å². The zero-order valence-electron chi connectivity index (χ0n) is 11.0. The van der Waals surface area contributed by atoms with Crippen LogP contribution >= 0.6 is 15.9 Å². The Balaban J connectivity index is 2.63. The van der Waals surface area contributed by atoms with Crippen molar-refractivity contribution < 1.29 is 0 Å². The van der Waals surface area contributed by atoms with E-state index in [0.717, 1.165) is 35.5 Å². The van der Waals surface area contributed by atoms with Crippen LogP contribution in [0, 0.1) is 5.92 Å². The molecule has 0 aliphatic rings. The van der Waals surface area contributed by atoms with Crippen LogP contribution in [0.1, 0.15) is 51.8 Å². The van der Waals surface area contributed by atoms with E-state index in [-0.39, 0.29) is 0 Å². The first-order valence-electron chi connectivity index (χ1n) is 6.48. The number of nitrogens with one attached hydrogen (secondary N) is 1. The lowest BCUT2D eigenvalue weighted by molar-refractivity contribution is 0.434. The van der Waals surface area contributed by atoms with Crippen molar-refractivity contribution in [3.05, 3.63) is 28.5 Å². The summed E-state index contributed by atoms with van der Waals surface area (Å²) in [5.41, 5.74) is 1.15. The van der Waals surface area contributed by atoms with Gasteiger partial charge in [0.25, 0.3) is 0 Å². The molecule has 1 heterocycles. The Kier molecular flexibility index (Phi) is 6.75. The molecule has 96 valence electrons. The molecule has 0 bridgehead atoms. The van der Waals surface area contributed by atoms with Crippen molar-refractivity contribution in [2.75, 3.05) is 6.54 Å². The molecule has 1 rings (SSSR count). The Morgan fingerprint density at radius 2 is 2.06 bits per heavy atom. The molecule has 1 atom stereocenters. The van der Waals surface area contributed by atoms with Crippen molar-refractivity contribution in [3.63, 3.8) is 0 Å². The van der Waals surface area contributed by atoms with Crippen molar-refractivity contribution in [1.82, 2.24) is 10.3 Å². The number of hydrogen-bond donors (Lipinski definition) is 1. The van der Waals surface area contributed by atoms with Gasteiger partial charge in [0.2, 0.25) is 0 Å². The van der Waals surface area contributed by atoms with Gasteiger partial charge in [-0.2, -0.15) is 0 Å². The maximum absolute atomic E-state index is 4.50. The number of aromatic nitrogens is 1. The lowest BCUT2D eigenvalue weighted by atomic mass is 10.0. The molecule has 1 N–H and O–H groups in total. The minimum Gasteiger partial charge on any atom is -0.309 e. The molecule has 3 heteroatoms. The van der Waals surface area contributed by atoms with Crippen LogP contribution in [0.25, 0.3) is 0 Å². The SMILES string of the molecule is CCCNC(CCC(C)C)c1ccc(Br)cn1. The van der Waals surface area contributed by atoms with Gasteiger partial charge in [-0.1, -0.05) is 20.8 Å². The highest BCUT2D eigenvalue weighted by Crippen LogP contribution is 2.20. The van der Waals surface area contributed by atoms with E-state index in [0.29, 0.717) is 6.04 Å². The van der Waals surface area contributed by atoms with Crippen LogP contribution in [0.3, 0.4) is 0 Å². The largest absolute Gasteiger partial charge is 0.309 e. The first kappa shape index (κ1) is 14.7. The summed E-state index contributed by atoms with van der Waals surface area (Å²) in [4.78, 5) is 4.50. The van der Waals surface area contributed by atoms with Gasteiger partial charge in [-0.3, -0.25) is 4.98 Å². The minimum atomic E-state index is 0.394. The van der Waals surface area contributed by atoms with E-state index in [2.05, 4.69) is 59.1 Å². The molecular weight excluding hydrogens is 276 g/mol. The van der Waals surface area contributed by atoms with E-state index in [1.54, 1.807) is 0 Å². The van der Waals surface area contributed by atoms with E-state index >= 15 is 0 Å². The van der Waals surface area contributed by atoms with Crippen molar-refractivity contribution in [2.45, 2.75) is 46.1 Å². The van der Waals surface area contributed by atoms with Gasteiger partial charge in [0.05, 0.1) is 5.69 Å². The molecule has 0 fully saturated rings. The smallest absolute Gasteiger partial charge is 0.0574 e. The van der Waals surface area contributed by atoms with Crippen LogP contribution in [0.2, 0.25) is 0 Å². The lowest BCUT2D eigenvalue weighted by Crippen LogP contribution is -2.23. The zero-order valence-corrected chi connectivity index (χ0v) is 12.6. The molecule has 0 aliphatic carbocycles. The zero-order chi connectivity index (χ0) is 12.7. The highest BCUT2D eigenvalue weighted by molar-refractivity contribution is 9.10. The monoisotopic (exact) mass is 298 g/mol. The molecule has 1 aromatic heterocycles. The fourth-order valence-corrected chi connectivity index (χ4v) is 2.00. The molecular formula is C14H23BrN2. The fraction of sp³-hybridized carbons (Fsp3) is 0.643. The predicted molar refractivity (Wildman–Crippen MR) is 77.0 cm³/mol. The maximum atomic E-state index is 4.50. The summed E-state index contributed by atoms with van der Waals surface area (Å²) >= 11 is 3.43. The molecule has 1 aromatic rings. The number of halogens is 1. The van der Waals surface area contributed by atoms with Gasteiger partial charge in [-0.25, -0.2) is 0 Å². The average Bonchev–Trinajstić information content (AvgIpc) is 2.30. The average molecular weight is 299 g/mol. The molecule has 0 saturated carbocycles. The van der Waals surface area contributed by atoms with Crippen LogP contribution in [-0.4, -0.2) is 11.5 Å². The predicted octanol–water partition coefficient (Wildman–Crippen LogP) is 4.32. The van der Waals surface area contributed by atoms with E-state index in [9.17, 15) is 0 Å². The summed E-state index contributed by atoms with van der Waals surface area (Å²) in [5.74, 6) is 0.747. The molecule has 0 aliphatic heterocycles. The van der Waals surface area contributed by atoms with Gasteiger partial charge in [0.15, 0.2) is 0 Å². The fourth-order valence-electron chi connectivity index (χ4n) is 1.77. The molecule has 0 spiro atoms. The Bertz CT molecular complexity index is 309. The third-order valence-electron chi connectivity index (χ3n) is 2.78. The second-order valence-electron chi connectivity index (χ2n) is 4.88. The summed E-state index contributed by atoms with van der Waals surface area (Å²) in [6.45, 7) is 7.79. The second kappa shape index (κ2) is 7.83. The van der Waals surface area contributed by atoms with E-state index in [1.165, 1.54) is 6.42 Å². The number of nitrogens with zero attached hydrogens (tertiary/aromatic N) is 1. The highest BCUT2D eigenvalue weighted by atomic mass is 79.9. The molecule has 0 radical (unpaired) electrons. The van der Waals surface area contributed by atoms with E-state index in [1.807, 2.05) is 6.20 Å². The second-order valence-corrected chi connectivity index (χ2v) is 5.79. The van der Waals surface area contributed by atoms with Gasteiger partial charge in [0.1, 0.15) is 0 Å². The topological polar surface area (TPSA) is 24.9 Å². The van der Waals surface area contributed by atoms with Crippen molar-refractivity contribution in [2.24, 2.45) is 5.92 Å². The molecule has 1 unspecified atom stereocenters. The summed E-state index contributed by atoms with van der Waals surface area (Å²) in [6, 6.07) is 4.57. The quantitative estimate of drug-likeness (QED) is 0.811. The Morgan fingerprint density at radius 1 is 1.29 bits per heavy atom. The van der Waals surface area contributed by atoms with Crippen molar-refractivity contribution >= 4 is 15.9 Å². The summed E-state index contributed by atoms with van der Waals surface area (Å²) in [6.07, 6.45) is 5.44. The Hall–Kier alpha value is -0.410. The maximum Gasteiger partial charge on any atom is 0.0574 e. The summed E-state index contributed by atoms with van der Waals surface area (Å²) < 4.78 is 1.04. The molecule has 0 saturated heterocycles. The molecule has 0 amide bonds. The van der Waals surface area contributed by atoms with Gasteiger partial charge >= 0.3 is 0 Å². The van der Waals surface area contributed by atoms with Crippen LogP contribution in [0.4, 0.5) is 0 Å². The van der Waals surface area contributed by atoms with Crippen LogP contribution < -0.4 is 5.32 Å². The van der Waals surface area contributed by atoms with Crippen LogP contribution in [-0.2, 0) is 0 Å². The number of rotatable bonds is 7. The Labute approximate surface area is 113 Å². The van der Waals surface area contributed by atoms with E-state index in [4.69, 9.17) is 0 Å². The molecule has 0 aromatic carbocycles. The molecule has 2 nitrogen and oxygen atoms in total. The van der Waals surface area contributed by atoms with Gasteiger partial charge in [0, 0.05) is 16.7 Å². The minimum absolute atomic E-state index is 0.394. The molecule has 17 heavy (non-hydrogen) atoms. The van der Waals surface area contributed by atoms with Crippen LogP contribution in [0.5, 0.6) is 0 Å². The standard InChI is InChI=1S/C14H23BrN2/c1-4-9-16-13(7-5-11(2)3)14-8-6-12(15)10-17-14/h6,8,10-11,13,16H,4-5,7,9H2,1-3H3.